The van der Waals surface area contributed by atoms with Crippen molar-refractivity contribution in [2.45, 2.75) is 6.54 Å². The first-order valence-corrected chi connectivity index (χ1v) is 8.47. The fraction of sp³-hybridized carbons (Fsp3) is 0.0526. The Balaban J connectivity index is 1.70. The van der Waals surface area contributed by atoms with E-state index in [0.717, 1.165) is 21.5 Å². The van der Waals surface area contributed by atoms with Crippen molar-refractivity contribution in [2.24, 2.45) is 0 Å². The summed E-state index contributed by atoms with van der Waals surface area (Å²) in [4.78, 5) is 18.7. The molecule has 0 saturated heterocycles. The van der Waals surface area contributed by atoms with Gasteiger partial charge in [-0.1, -0.05) is 30.3 Å². The Hall–Kier alpha value is -2.92. The number of nitrogens with zero attached hydrogens (tertiary/aromatic N) is 2. The Morgan fingerprint density at radius 1 is 1.04 bits per heavy atom. The third-order valence-corrected chi connectivity index (χ3v) is 4.91. The molecule has 4 nitrogen and oxygen atoms in total. The van der Waals surface area contributed by atoms with Crippen molar-refractivity contribution in [1.82, 2.24) is 14.9 Å². The van der Waals surface area contributed by atoms with Crippen LogP contribution in [0.15, 0.2) is 73.2 Å². The second-order valence-electron chi connectivity index (χ2n) is 5.39. The Kier molecular flexibility index (Phi) is 3.84. The molecule has 0 radical (unpaired) electrons. The quantitative estimate of drug-likeness (QED) is 0.613. The molecule has 0 aliphatic carbocycles. The van der Waals surface area contributed by atoms with E-state index in [4.69, 9.17) is 0 Å². The summed E-state index contributed by atoms with van der Waals surface area (Å²) in [6, 6.07) is 17.7. The molecule has 24 heavy (non-hydrogen) atoms. The number of carbonyl (C=O) groups is 1. The first-order chi connectivity index (χ1) is 11.8. The summed E-state index contributed by atoms with van der Waals surface area (Å²) in [7, 11) is 0. The van der Waals surface area contributed by atoms with Crippen molar-refractivity contribution in [2.75, 3.05) is 0 Å². The predicted octanol–water partition coefficient (Wildman–Crippen LogP) is 4.02. The average Bonchev–Trinajstić information content (AvgIpc) is 3.27. The van der Waals surface area contributed by atoms with Crippen LogP contribution in [-0.2, 0) is 6.54 Å². The molecule has 0 saturated carbocycles. The highest BCUT2D eigenvalue weighted by molar-refractivity contribution is 7.21. The SMILES string of the molecule is O=C(NCc1ccccc1)c1sc2ncccc2c1-n1cccc1. The molecule has 3 aromatic heterocycles. The normalized spacial score (nSPS) is 10.8. The third kappa shape index (κ3) is 2.70. The average molecular weight is 333 g/mol. The summed E-state index contributed by atoms with van der Waals surface area (Å²) in [5.74, 6) is -0.0782. The van der Waals surface area contributed by atoms with E-state index in [1.807, 2.05) is 71.6 Å². The minimum atomic E-state index is -0.0782. The highest BCUT2D eigenvalue weighted by Crippen LogP contribution is 2.33. The van der Waals surface area contributed by atoms with Crippen LogP contribution in [0.3, 0.4) is 0 Å². The summed E-state index contributed by atoms with van der Waals surface area (Å²) in [5, 5.41) is 4.00. The van der Waals surface area contributed by atoms with E-state index in [9.17, 15) is 4.79 Å². The Morgan fingerprint density at radius 3 is 2.62 bits per heavy atom. The van der Waals surface area contributed by atoms with Crippen LogP contribution in [-0.4, -0.2) is 15.5 Å². The maximum Gasteiger partial charge on any atom is 0.263 e. The van der Waals surface area contributed by atoms with Gasteiger partial charge in [-0.05, 0) is 29.8 Å². The number of nitrogens with one attached hydrogen (secondary N) is 1. The van der Waals surface area contributed by atoms with Crippen molar-refractivity contribution in [3.8, 4) is 5.69 Å². The van der Waals surface area contributed by atoms with Gasteiger partial charge in [-0.25, -0.2) is 4.98 Å². The highest BCUT2D eigenvalue weighted by Gasteiger charge is 2.19. The lowest BCUT2D eigenvalue weighted by Gasteiger charge is -2.07. The molecule has 0 fully saturated rings. The van der Waals surface area contributed by atoms with Gasteiger partial charge in [-0.2, -0.15) is 0 Å². The van der Waals surface area contributed by atoms with E-state index in [1.165, 1.54) is 11.3 Å². The maximum atomic E-state index is 12.8. The minimum Gasteiger partial charge on any atom is -0.347 e. The van der Waals surface area contributed by atoms with E-state index < -0.39 is 0 Å². The zero-order valence-corrected chi connectivity index (χ0v) is 13.7. The Morgan fingerprint density at radius 2 is 1.83 bits per heavy atom. The summed E-state index contributed by atoms with van der Waals surface area (Å²) >= 11 is 1.42. The standard InChI is InChI=1S/C19H15N3OS/c23-18(21-13-14-7-2-1-3-8-14)17-16(22-11-4-5-12-22)15-9-6-10-20-19(15)24-17/h1-12H,13H2,(H,21,23). The van der Waals surface area contributed by atoms with Gasteiger partial charge in [-0.15, -0.1) is 11.3 Å². The number of pyridine rings is 1. The molecule has 0 aliphatic rings. The van der Waals surface area contributed by atoms with Crippen LogP contribution in [0.4, 0.5) is 0 Å². The zero-order chi connectivity index (χ0) is 16.4. The van der Waals surface area contributed by atoms with Crippen LogP contribution in [0, 0.1) is 0 Å². The minimum absolute atomic E-state index is 0.0782. The number of benzene rings is 1. The van der Waals surface area contributed by atoms with Crippen molar-refractivity contribution >= 4 is 27.5 Å². The van der Waals surface area contributed by atoms with E-state index in [1.54, 1.807) is 6.20 Å². The number of carbonyl (C=O) groups excluding carboxylic acids is 1. The number of hydrogen-bond donors (Lipinski definition) is 1. The van der Waals surface area contributed by atoms with Crippen molar-refractivity contribution in [1.29, 1.82) is 0 Å². The fourth-order valence-electron chi connectivity index (χ4n) is 2.67. The maximum absolute atomic E-state index is 12.8. The number of amides is 1. The molecular weight excluding hydrogens is 318 g/mol. The van der Waals surface area contributed by atoms with Crippen molar-refractivity contribution in [3.63, 3.8) is 0 Å². The lowest BCUT2D eigenvalue weighted by Crippen LogP contribution is -2.22. The zero-order valence-electron chi connectivity index (χ0n) is 12.8. The Labute approximate surface area is 143 Å². The van der Waals surface area contributed by atoms with Crippen LogP contribution in [0.1, 0.15) is 15.2 Å². The first kappa shape index (κ1) is 14.7. The second kappa shape index (κ2) is 6.29. The van der Waals surface area contributed by atoms with Crippen LogP contribution in [0.5, 0.6) is 0 Å². The van der Waals surface area contributed by atoms with Gasteiger partial charge in [-0.3, -0.25) is 4.79 Å². The lowest BCUT2D eigenvalue weighted by molar-refractivity contribution is 0.0955. The summed E-state index contributed by atoms with van der Waals surface area (Å²) in [6.45, 7) is 0.506. The van der Waals surface area contributed by atoms with Gasteiger partial charge in [0.25, 0.3) is 5.91 Å². The molecule has 1 amide bonds. The summed E-state index contributed by atoms with van der Waals surface area (Å²) < 4.78 is 1.97. The molecule has 1 aromatic carbocycles. The van der Waals surface area contributed by atoms with Gasteiger partial charge in [0.05, 0.1) is 5.69 Å². The molecular formula is C19H15N3OS. The molecule has 4 rings (SSSR count). The van der Waals surface area contributed by atoms with Crippen LogP contribution in [0.25, 0.3) is 15.9 Å². The van der Waals surface area contributed by atoms with Gasteiger partial charge in [0.2, 0.25) is 0 Å². The number of thiophene rings is 1. The Bertz CT molecular complexity index is 974. The molecule has 0 atom stereocenters. The molecule has 1 N–H and O–H groups in total. The second-order valence-corrected chi connectivity index (χ2v) is 6.39. The molecule has 3 heterocycles. The number of hydrogen-bond acceptors (Lipinski definition) is 3. The largest absolute Gasteiger partial charge is 0.347 e. The molecule has 0 spiro atoms. The number of rotatable bonds is 4. The third-order valence-electron chi connectivity index (χ3n) is 3.80. The van der Waals surface area contributed by atoms with Crippen LogP contribution in [0.2, 0.25) is 0 Å². The fourth-order valence-corrected chi connectivity index (χ4v) is 3.73. The van der Waals surface area contributed by atoms with Crippen LogP contribution < -0.4 is 5.32 Å². The first-order valence-electron chi connectivity index (χ1n) is 7.66. The molecule has 118 valence electrons. The molecule has 5 heteroatoms. The van der Waals surface area contributed by atoms with Gasteiger partial charge < -0.3 is 9.88 Å². The summed E-state index contributed by atoms with van der Waals surface area (Å²) in [6.07, 6.45) is 5.65. The lowest BCUT2D eigenvalue weighted by atomic mass is 10.2. The molecule has 0 bridgehead atoms. The van der Waals surface area contributed by atoms with Crippen LogP contribution >= 0.6 is 11.3 Å². The smallest absolute Gasteiger partial charge is 0.263 e. The van der Waals surface area contributed by atoms with Crippen molar-refractivity contribution < 1.29 is 4.79 Å². The van der Waals surface area contributed by atoms with E-state index in [-0.39, 0.29) is 5.91 Å². The predicted molar refractivity (Wildman–Crippen MR) is 96.6 cm³/mol. The van der Waals surface area contributed by atoms with Gasteiger partial charge >= 0.3 is 0 Å². The number of aromatic nitrogens is 2. The molecule has 4 aromatic rings. The number of fused-ring (bicyclic) bond motifs is 1. The van der Waals surface area contributed by atoms with Crippen molar-refractivity contribution in [3.05, 3.63) is 83.6 Å². The van der Waals surface area contributed by atoms with E-state index in [2.05, 4.69) is 10.3 Å². The van der Waals surface area contributed by atoms with Gasteiger partial charge in [0.15, 0.2) is 0 Å². The monoisotopic (exact) mass is 333 g/mol. The molecule has 0 aliphatic heterocycles. The topological polar surface area (TPSA) is 46.9 Å². The molecule has 0 unspecified atom stereocenters. The van der Waals surface area contributed by atoms with Gasteiger partial charge in [0, 0.05) is 30.5 Å². The highest BCUT2D eigenvalue weighted by atomic mass is 32.1. The van der Waals surface area contributed by atoms with E-state index in [0.29, 0.717) is 11.4 Å². The summed E-state index contributed by atoms with van der Waals surface area (Å²) in [5.41, 5.74) is 1.96. The van der Waals surface area contributed by atoms with E-state index >= 15 is 0 Å². The van der Waals surface area contributed by atoms with Gasteiger partial charge in [0.1, 0.15) is 9.71 Å².